The van der Waals surface area contributed by atoms with Gasteiger partial charge in [-0.15, -0.1) is 4.91 Å². The van der Waals surface area contributed by atoms with Gasteiger partial charge in [-0.25, -0.2) is 0 Å². The van der Waals surface area contributed by atoms with E-state index in [2.05, 4.69) is 63.5 Å². The molecule has 0 radical (unpaired) electrons. The van der Waals surface area contributed by atoms with E-state index in [1.165, 1.54) is 11.9 Å². The number of nitrogens with zero attached hydrogens (tertiary/aromatic N) is 1. The fraction of sp³-hybridized carbons (Fsp3) is 1.00. The summed E-state index contributed by atoms with van der Waals surface area (Å²) in [6.07, 6.45) is 0. The first-order valence-electron chi connectivity index (χ1n) is 5.82. The fourth-order valence-corrected chi connectivity index (χ4v) is 34.6. The minimum Gasteiger partial charge on any atom is -0.137 e. The Bertz CT molecular complexity index is 227. The lowest BCUT2D eigenvalue weighted by molar-refractivity contribution is 1.28. The van der Waals surface area contributed by atoms with Crippen LogP contribution in [0.3, 0.4) is 0 Å². The third kappa shape index (κ3) is 2.70. The summed E-state index contributed by atoms with van der Waals surface area (Å²) < 4.78 is 3.50. The molecule has 0 aromatic heterocycles. The highest BCUT2D eigenvalue weighted by atomic mass is 32.2. The van der Waals surface area contributed by atoms with Crippen LogP contribution in [0.2, 0.25) is 58.9 Å². The van der Waals surface area contributed by atoms with Crippen LogP contribution in [0.5, 0.6) is 0 Å². The molecule has 0 amide bonds. The number of nitroso groups, excluding NO2 is 1. The Morgan fingerprint density at radius 2 is 1.00 bits per heavy atom. The van der Waals surface area contributed by atoms with E-state index in [-0.39, 0.29) is 3.62 Å². The predicted octanol–water partition coefficient (Wildman–Crippen LogP) is 4.77. The van der Waals surface area contributed by atoms with Gasteiger partial charge in [0.15, 0.2) is 0 Å². The van der Waals surface area contributed by atoms with Crippen LogP contribution in [0.4, 0.5) is 0 Å². The summed E-state index contributed by atoms with van der Waals surface area (Å²) in [5.41, 5.74) is 0. The van der Waals surface area contributed by atoms with E-state index in [1.54, 1.807) is 0 Å². The van der Waals surface area contributed by atoms with Gasteiger partial charge in [-0.2, -0.15) is 0 Å². The van der Waals surface area contributed by atoms with Crippen molar-refractivity contribution in [3.63, 3.8) is 0 Å². The third-order valence-electron chi connectivity index (χ3n) is 3.34. The molecule has 96 valence electrons. The molecule has 0 atom stereocenters. The van der Waals surface area contributed by atoms with E-state index in [4.69, 9.17) is 0 Å². The average molecular weight is 294 g/mol. The maximum atomic E-state index is 10.9. The molecular formula is C10H27NOSSi3. The summed E-state index contributed by atoms with van der Waals surface area (Å²) in [6, 6.07) is 0. The summed E-state index contributed by atoms with van der Waals surface area (Å²) in [7, 11) is -4.31. The van der Waals surface area contributed by atoms with Gasteiger partial charge in [-0.3, -0.25) is 0 Å². The molecule has 0 saturated carbocycles. The molecule has 0 saturated heterocycles. The van der Waals surface area contributed by atoms with Crippen LogP contribution < -0.4 is 0 Å². The van der Waals surface area contributed by atoms with Crippen molar-refractivity contribution in [2.75, 3.05) is 0 Å². The molecule has 2 nitrogen and oxygen atoms in total. The minimum absolute atomic E-state index is 0.217. The Kier molecular flexibility index (Phi) is 4.88. The van der Waals surface area contributed by atoms with Gasteiger partial charge in [0.25, 0.3) is 0 Å². The molecule has 0 aliphatic carbocycles. The Morgan fingerprint density at radius 3 is 1.06 bits per heavy atom. The van der Waals surface area contributed by atoms with Crippen molar-refractivity contribution in [1.82, 2.24) is 0 Å². The van der Waals surface area contributed by atoms with Crippen molar-refractivity contribution in [1.29, 1.82) is 0 Å². The molecule has 6 heteroatoms. The maximum Gasteiger partial charge on any atom is 0.0585 e. The first-order chi connectivity index (χ1) is 6.81. The molecule has 0 aliphatic rings. The normalized spacial score (nSPS) is 15.1. The number of rotatable bonds is 5. The lowest BCUT2D eigenvalue weighted by Gasteiger charge is -2.56. The summed E-state index contributed by atoms with van der Waals surface area (Å²) in [5.74, 6) is 0. The van der Waals surface area contributed by atoms with Crippen molar-refractivity contribution in [3.05, 3.63) is 4.91 Å². The van der Waals surface area contributed by atoms with Gasteiger partial charge in [-0.05, 0) is 0 Å². The molecule has 0 spiro atoms. The summed E-state index contributed by atoms with van der Waals surface area (Å²) >= 11 is 1.40. The van der Waals surface area contributed by atoms with Crippen LogP contribution in [0.15, 0.2) is 4.58 Å². The van der Waals surface area contributed by atoms with Gasteiger partial charge in [0.05, 0.1) is 24.2 Å². The predicted molar refractivity (Wildman–Crippen MR) is 86.2 cm³/mol. The standard InChI is InChI=1S/C10H27NOSSi3/c1-14(2,3)10(13-11-12,15(4,5)6)16(7,8)9/h1-9H3. The second-order valence-corrected chi connectivity index (χ2v) is 26.9. The van der Waals surface area contributed by atoms with Crippen molar-refractivity contribution in [2.24, 2.45) is 4.58 Å². The van der Waals surface area contributed by atoms with Crippen molar-refractivity contribution in [3.8, 4) is 0 Å². The fourth-order valence-electron chi connectivity index (χ4n) is 3.84. The maximum absolute atomic E-state index is 10.9. The average Bonchev–Trinajstić information content (AvgIpc) is 1.91. The van der Waals surface area contributed by atoms with Gasteiger partial charge >= 0.3 is 0 Å². The molecule has 0 rings (SSSR count). The first kappa shape index (κ1) is 16.6. The van der Waals surface area contributed by atoms with Gasteiger partial charge in [0.1, 0.15) is 0 Å². The van der Waals surface area contributed by atoms with Gasteiger partial charge in [0.2, 0.25) is 0 Å². The minimum atomic E-state index is -1.44. The van der Waals surface area contributed by atoms with Crippen LogP contribution >= 0.6 is 11.9 Å². The zero-order chi connectivity index (χ0) is 13.4. The van der Waals surface area contributed by atoms with Gasteiger partial charge in [0, 0.05) is 20.1 Å². The molecular weight excluding hydrogens is 266 g/mol. The molecule has 0 unspecified atom stereocenters. The molecule has 0 aromatic rings. The van der Waals surface area contributed by atoms with E-state index in [9.17, 15) is 4.91 Å². The molecule has 0 N–H and O–H groups in total. The number of hydrogen-bond donors (Lipinski definition) is 0. The lowest BCUT2D eigenvalue weighted by atomic mass is 11.6. The molecule has 0 heterocycles. The van der Waals surface area contributed by atoms with E-state index < -0.39 is 24.2 Å². The third-order valence-corrected chi connectivity index (χ3v) is 29.9. The summed E-state index contributed by atoms with van der Waals surface area (Å²) in [5, 5.41) is 0. The molecule has 0 bridgehead atoms. The lowest BCUT2D eigenvalue weighted by Crippen LogP contribution is -2.75. The van der Waals surface area contributed by atoms with E-state index >= 15 is 0 Å². The zero-order valence-electron chi connectivity index (χ0n) is 12.3. The Labute approximate surface area is 108 Å². The van der Waals surface area contributed by atoms with Crippen molar-refractivity contribution in [2.45, 2.75) is 62.5 Å². The van der Waals surface area contributed by atoms with Crippen LogP contribution in [-0.4, -0.2) is 27.8 Å². The summed E-state index contributed by atoms with van der Waals surface area (Å²) in [6.45, 7) is 21.6. The van der Waals surface area contributed by atoms with E-state index in [1.807, 2.05) is 0 Å². The van der Waals surface area contributed by atoms with E-state index in [0.717, 1.165) is 0 Å². The van der Waals surface area contributed by atoms with Crippen LogP contribution in [0.1, 0.15) is 0 Å². The second kappa shape index (κ2) is 4.70. The smallest absolute Gasteiger partial charge is 0.0585 e. The largest absolute Gasteiger partial charge is 0.137 e. The molecule has 0 aromatic carbocycles. The van der Waals surface area contributed by atoms with Crippen LogP contribution in [0, 0.1) is 4.91 Å². The Morgan fingerprint density at radius 1 is 0.750 bits per heavy atom. The topological polar surface area (TPSA) is 29.4 Å². The Hall–Kier alpha value is 0.601. The Balaban J connectivity index is 5.92. The number of hydrogen-bond acceptors (Lipinski definition) is 3. The highest BCUT2D eigenvalue weighted by molar-refractivity contribution is 8.05. The monoisotopic (exact) mass is 293 g/mol. The van der Waals surface area contributed by atoms with Crippen LogP contribution in [-0.2, 0) is 0 Å². The molecule has 0 fully saturated rings. The first-order valence-corrected chi connectivity index (χ1v) is 17.1. The van der Waals surface area contributed by atoms with E-state index in [0.29, 0.717) is 0 Å². The van der Waals surface area contributed by atoms with Crippen LogP contribution in [0.25, 0.3) is 0 Å². The van der Waals surface area contributed by atoms with Gasteiger partial charge < -0.3 is 0 Å². The highest BCUT2D eigenvalue weighted by Crippen LogP contribution is 2.49. The molecule has 16 heavy (non-hydrogen) atoms. The zero-order valence-corrected chi connectivity index (χ0v) is 16.1. The van der Waals surface area contributed by atoms with Crippen molar-refractivity contribution >= 4 is 36.2 Å². The van der Waals surface area contributed by atoms with Gasteiger partial charge in [-0.1, -0.05) is 58.9 Å². The summed E-state index contributed by atoms with van der Waals surface area (Å²) in [4.78, 5) is 10.9. The SMILES string of the molecule is C[Si](C)(C)C(SN=O)([Si](C)(C)C)[Si](C)(C)C. The second-order valence-electron chi connectivity index (χ2n) is 7.60. The van der Waals surface area contributed by atoms with Crippen molar-refractivity contribution < 1.29 is 0 Å². The quantitative estimate of drug-likeness (QED) is 0.415. The molecule has 0 aliphatic heterocycles. The highest BCUT2D eigenvalue weighted by Gasteiger charge is 2.61.